The van der Waals surface area contributed by atoms with E-state index in [1.807, 2.05) is 45.9 Å². The van der Waals surface area contributed by atoms with Gasteiger partial charge in [0, 0.05) is 6.54 Å². The Morgan fingerprint density at radius 3 is 2.27 bits per heavy atom. The summed E-state index contributed by atoms with van der Waals surface area (Å²) in [7, 11) is -3.15. The highest BCUT2D eigenvalue weighted by Crippen LogP contribution is 2.59. The van der Waals surface area contributed by atoms with Crippen molar-refractivity contribution in [2.24, 2.45) is 0 Å². The molecule has 1 aliphatic rings. The van der Waals surface area contributed by atoms with E-state index in [0.717, 1.165) is 25.9 Å². The third-order valence-electron chi connectivity index (χ3n) is 3.64. The van der Waals surface area contributed by atoms with Crippen LogP contribution in [0.3, 0.4) is 0 Å². The van der Waals surface area contributed by atoms with Gasteiger partial charge >= 0.3 is 7.60 Å². The molecule has 1 heterocycles. The highest BCUT2D eigenvalue weighted by Gasteiger charge is 2.44. The second-order valence-corrected chi connectivity index (χ2v) is 8.52. The van der Waals surface area contributed by atoms with E-state index in [1.54, 1.807) is 0 Å². The summed E-state index contributed by atoms with van der Waals surface area (Å²) in [5.74, 6) is -0.141. The molecule has 0 spiro atoms. The Morgan fingerprint density at radius 2 is 1.73 bits per heavy atom. The number of nitrogens with zero attached hydrogens (tertiary/aromatic N) is 1. The third-order valence-corrected chi connectivity index (χ3v) is 6.38. The highest BCUT2D eigenvalue weighted by atomic mass is 31.2. The molecule has 4 nitrogen and oxygen atoms in total. The number of rotatable bonds is 7. The standard InChI is InChI=1S/C17H28NO3P/c1-14(2)20-22(19,21-15(3)4)17-11-8-12-18(17)13-16-9-6-5-7-10-16/h5-7,9-10,14-15,17H,8,11-13H2,1-4H3. The first-order valence-electron chi connectivity index (χ1n) is 8.15. The Balaban J connectivity index is 2.16. The average Bonchev–Trinajstić information content (AvgIpc) is 2.87. The fourth-order valence-electron chi connectivity index (χ4n) is 2.92. The molecule has 5 heteroatoms. The van der Waals surface area contributed by atoms with Gasteiger partial charge < -0.3 is 9.05 Å². The van der Waals surface area contributed by atoms with Gasteiger partial charge in [-0.15, -0.1) is 0 Å². The topological polar surface area (TPSA) is 38.8 Å². The van der Waals surface area contributed by atoms with Gasteiger partial charge in [-0.05, 0) is 52.6 Å². The molecule has 1 aromatic carbocycles. The summed E-state index contributed by atoms with van der Waals surface area (Å²) in [6.45, 7) is 9.37. The lowest BCUT2D eigenvalue weighted by atomic mass is 10.2. The van der Waals surface area contributed by atoms with Crippen molar-refractivity contribution >= 4 is 7.60 Å². The molecule has 124 valence electrons. The van der Waals surface area contributed by atoms with Crippen molar-refractivity contribution in [3.63, 3.8) is 0 Å². The average molecular weight is 325 g/mol. The molecule has 0 N–H and O–H groups in total. The van der Waals surface area contributed by atoms with Gasteiger partial charge in [0.15, 0.2) is 0 Å². The maximum absolute atomic E-state index is 13.4. The fraction of sp³-hybridized carbons (Fsp3) is 0.647. The van der Waals surface area contributed by atoms with E-state index in [4.69, 9.17) is 9.05 Å². The lowest BCUT2D eigenvalue weighted by molar-refractivity contribution is 0.119. The Morgan fingerprint density at radius 1 is 1.14 bits per heavy atom. The van der Waals surface area contributed by atoms with Gasteiger partial charge in [0.05, 0.1) is 12.2 Å². The van der Waals surface area contributed by atoms with E-state index in [9.17, 15) is 4.57 Å². The molecule has 1 aromatic rings. The second-order valence-electron chi connectivity index (χ2n) is 6.43. The van der Waals surface area contributed by atoms with E-state index in [0.29, 0.717) is 0 Å². The van der Waals surface area contributed by atoms with Gasteiger partial charge in [0.25, 0.3) is 0 Å². The van der Waals surface area contributed by atoms with Crippen LogP contribution in [0.25, 0.3) is 0 Å². The van der Waals surface area contributed by atoms with Crippen molar-refractivity contribution in [1.29, 1.82) is 0 Å². The Kier molecular flexibility index (Phi) is 6.22. The van der Waals surface area contributed by atoms with Crippen LogP contribution in [0.2, 0.25) is 0 Å². The van der Waals surface area contributed by atoms with Crippen LogP contribution in [-0.2, 0) is 20.2 Å². The van der Waals surface area contributed by atoms with Gasteiger partial charge in [-0.1, -0.05) is 30.3 Å². The minimum atomic E-state index is -3.15. The van der Waals surface area contributed by atoms with E-state index in [-0.39, 0.29) is 18.0 Å². The van der Waals surface area contributed by atoms with Crippen molar-refractivity contribution < 1.29 is 13.6 Å². The van der Waals surface area contributed by atoms with Crippen LogP contribution in [0.4, 0.5) is 0 Å². The van der Waals surface area contributed by atoms with Gasteiger partial charge in [-0.3, -0.25) is 9.46 Å². The molecule has 0 aliphatic carbocycles. The number of likely N-dealkylation sites (tertiary alicyclic amines) is 1. The van der Waals surface area contributed by atoms with Crippen molar-refractivity contribution in [2.45, 2.75) is 65.1 Å². The third kappa shape index (κ3) is 4.66. The summed E-state index contributed by atoms with van der Waals surface area (Å²) in [4.78, 5) is 2.25. The Labute approximate surface area is 134 Å². The molecular weight excluding hydrogens is 297 g/mol. The van der Waals surface area contributed by atoms with E-state index in [2.05, 4.69) is 17.0 Å². The molecule has 22 heavy (non-hydrogen) atoms. The predicted octanol–water partition coefficient (Wildman–Crippen LogP) is 4.65. The molecule has 1 atom stereocenters. The molecule has 0 radical (unpaired) electrons. The Bertz CT molecular complexity index is 490. The summed E-state index contributed by atoms with van der Waals surface area (Å²) in [6.07, 6.45) is 1.68. The molecule has 1 unspecified atom stereocenters. The van der Waals surface area contributed by atoms with Crippen LogP contribution in [0.1, 0.15) is 46.1 Å². The maximum atomic E-state index is 13.4. The number of benzene rings is 1. The second kappa shape index (κ2) is 7.74. The molecule has 1 saturated heterocycles. The van der Waals surface area contributed by atoms with E-state index >= 15 is 0 Å². The van der Waals surface area contributed by atoms with Crippen LogP contribution in [0, 0.1) is 0 Å². The fourth-order valence-corrected chi connectivity index (χ4v) is 5.52. The largest absolute Gasteiger partial charge is 0.348 e. The lowest BCUT2D eigenvalue weighted by Crippen LogP contribution is -2.31. The first kappa shape index (κ1) is 17.7. The minimum Gasteiger partial charge on any atom is -0.305 e. The van der Waals surface area contributed by atoms with Crippen LogP contribution in [-0.4, -0.2) is 29.4 Å². The molecule has 2 rings (SSSR count). The molecular formula is C17H28NO3P. The predicted molar refractivity (Wildman–Crippen MR) is 89.9 cm³/mol. The zero-order valence-corrected chi connectivity index (χ0v) is 15.0. The number of hydrogen-bond donors (Lipinski definition) is 0. The van der Waals surface area contributed by atoms with Crippen LogP contribution in [0.15, 0.2) is 30.3 Å². The number of hydrogen-bond acceptors (Lipinski definition) is 4. The van der Waals surface area contributed by atoms with Crippen LogP contribution in [0.5, 0.6) is 0 Å². The summed E-state index contributed by atoms with van der Waals surface area (Å²) < 4.78 is 24.9. The van der Waals surface area contributed by atoms with Crippen molar-refractivity contribution in [2.75, 3.05) is 6.54 Å². The summed E-state index contributed by atoms with van der Waals surface area (Å²) >= 11 is 0. The zero-order valence-electron chi connectivity index (χ0n) is 14.1. The molecule has 1 aliphatic heterocycles. The highest BCUT2D eigenvalue weighted by molar-refractivity contribution is 7.54. The zero-order chi connectivity index (χ0) is 16.2. The minimum absolute atomic E-state index is 0.108. The van der Waals surface area contributed by atoms with E-state index < -0.39 is 7.60 Å². The molecule has 0 amide bonds. The monoisotopic (exact) mass is 325 g/mol. The Hall–Kier alpha value is -0.670. The van der Waals surface area contributed by atoms with Gasteiger partial charge in [0.1, 0.15) is 5.78 Å². The van der Waals surface area contributed by atoms with Crippen molar-refractivity contribution in [3.8, 4) is 0 Å². The summed E-state index contributed by atoms with van der Waals surface area (Å²) in [5, 5.41) is 0. The van der Waals surface area contributed by atoms with Gasteiger partial charge in [-0.25, -0.2) is 0 Å². The first-order chi connectivity index (χ1) is 10.4. The van der Waals surface area contributed by atoms with Gasteiger partial charge in [0.2, 0.25) is 0 Å². The summed E-state index contributed by atoms with van der Waals surface area (Å²) in [5.41, 5.74) is 1.23. The quantitative estimate of drug-likeness (QED) is 0.684. The molecule has 0 bridgehead atoms. The van der Waals surface area contributed by atoms with Crippen LogP contribution >= 0.6 is 7.60 Å². The van der Waals surface area contributed by atoms with Crippen molar-refractivity contribution in [3.05, 3.63) is 35.9 Å². The SMILES string of the molecule is CC(C)OP(=O)(OC(C)C)C1CCCN1Cc1ccccc1. The molecule has 0 saturated carbocycles. The summed E-state index contributed by atoms with van der Waals surface area (Å²) in [6, 6.07) is 10.3. The molecule has 1 fully saturated rings. The van der Waals surface area contributed by atoms with E-state index in [1.165, 1.54) is 5.56 Å². The first-order valence-corrected chi connectivity index (χ1v) is 9.76. The maximum Gasteiger partial charge on any atom is 0.348 e. The lowest BCUT2D eigenvalue weighted by Gasteiger charge is -2.33. The normalized spacial score (nSPS) is 20.2. The van der Waals surface area contributed by atoms with Gasteiger partial charge in [-0.2, -0.15) is 0 Å². The van der Waals surface area contributed by atoms with Crippen molar-refractivity contribution in [1.82, 2.24) is 4.90 Å². The van der Waals surface area contributed by atoms with Crippen LogP contribution < -0.4 is 0 Å². The smallest absolute Gasteiger partial charge is 0.305 e. The molecule has 0 aromatic heterocycles.